The van der Waals surface area contributed by atoms with E-state index in [9.17, 15) is 32.7 Å². The van der Waals surface area contributed by atoms with Crippen molar-refractivity contribution in [3.05, 3.63) is 59.7 Å². The Morgan fingerprint density at radius 1 is 1.06 bits per heavy atom. The predicted octanol–water partition coefficient (Wildman–Crippen LogP) is 1.68. The second-order valence-corrected chi connectivity index (χ2v) is 7.80. The molecule has 0 aliphatic carbocycles. The van der Waals surface area contributed by atoms with Crippen molar-refractivity contribution >= 4 is 17.7 Å². The Morgan fingerprint density at radius 2 is 1.73 bits per heavy atom. The van der Waals surface area contributed by atoms with Crippen molar-refractivity contribution in [1.82, 2.24) is 15.1 Å². The number of amides is 3. The third-order valence-electron chi connectivity index (χ3n) is 5.58. The van der Waals surface area contributed by atoms with Gasteiger partial charge < -0.3 is 25.0 Å². The van der Waals surface area contributed by atoms with E-state index < -0.39 is 30.1 Å². The van der Waals surface area contributed by atoms with Crippen molar-refractivity contribution in [3.8, 4) is 11.5 Å². The maximum absolute atomic E-state index is 12.9. The first-order valence-electron chi connectivity index (χ1n) is 10.1. The van der Waals surface area contributed by atoms with Gasteiger partial charge in [0, 0.05) is 25.1 Å². The highest BCUT2D eigenvalue weighted by molar-refractivity contribution is 5.99. The number of phenols is 1. The Kier molecular flexibility index (Phi) is 5.88. The molecule has 0 unspecified atom stereocenters. The van der Waals surface area contributed by atoms with Crippen LogP contribution in [-0.2, 0) is 16.0 Å². The molecule has 0 aromatic heterocycles. The minimum absolute atomic E-state index is 0.0247. The highest BCUT2D eigenvalue weighted by atomic mass is 19.4. The number of carbonyl (C=O) groups excluding carboxylic acids is 3. The number of ether oxygens (including phenoxy) is 1. The summed E-state index contributed by atoms with van der Waals surface area (Å²) in [5.74, 6) is -1.44. The molecule has 2 fully saturated rings. The number of benzene rings is 2. The lowest BCUT2D eigenvalue weighted by atomic mass is 9.98. The van der Waals surface area contributed by atoms with Gasteiger partial charge in [0.05, 0.1) is 6.54 Å². The number of carbonyl (C=O) groups is 3. The van der Waals surface area contributed by atoms with Gasteiger partial charge >= 0.3 is 6.36 Å². The van der Waals surface area contributed by atoms with Crippen LogP contribution in [0.2, 0.25) is 0 Å². The van der Waals surface area contributed by atoms with Crippen LogP contribution in [-0.4, -0.2) is 70.7 Å². The molecule has 0 spiro atoms. The fourth-order valence-electron chi connectivity index (χ4n) is 3.97. The van der Waals surface area contributed by atoms with Gasteiger partial charge in [0.2, 0.25) is 11.8 Å². The minimum atomic E-state index is -4.83. The van der Waals surface area contributed by atoms with Crippen molar-refractivity contribution < 1.29 is 37.4 Å². The van der Waals surface area contributed by atoms with E-state index in [1.807, 2.05) is 0 Å². The van der Waals surface area contributed by atoms with E-state index in [0.29, 0.717) is 0 Å². The molecule has 0 bridgehead atoms. The quantitative estimate of drug-likeness (QED) is 0.719. The lowest BCUT2D eigenvalue weighted by Gasteiger charge is -2.45. The van der Waals surface area contributed by atoms with Crippen LogP contribution >= 0.6 is 0 Å². The predicted molar refractivity (Wildman–Crippen MR) is 108 cm³/mol. The average molecular weight is 463 g/mol. The van der Waals surface area contributed by atoms with E-state index in [1.165, 1.54) is 34.1 Å². The van der Waals surface area contributed by atoms with Gasteiger partial charge in [-0.1, -0.05) is 12.1 Å². The monoisotopic (exact) mass is 463 g/mol. The average Bonchev–Trinajstić information content (AvgIpc) is 2.77. The first-order chi connectivity index (χ1) is 15.6. The number of fused-ring (bicyclic) bond motifs is 1. The van der Waals surface area contributed by atoms with Gasteiger partial charge in [0.25, 0.3) is 5.91 Å². The molecule has 2 aliphatic heterocycles. The molecule has 4 rings (SSSR count). The van der Waals surface area contributed by atoms with Crippen molar-refractivity contribution in [1.29, 1.82) is 0 Å². The molecule has 8 nitrogen and oxygen atoms in total. The van der Waals surface area contributed by atoms with Gasteiger partial charge in [0.15, 0.2) is 0 Å². The normalized spacial score (nSPS) is 20.8. The number of nitrogens with one attached hydrogen (secondary N) is 1. The third kappa shape index (κ3) is 5.02. The molecule has 0 radical (unpaired) electrons. The van der Waals surface area contributed by atoms with Crippen LogP contribution in [0.4, 0.5) is 13.2 Å². The molecule has 2 aliphatic rings. The molecule has 2 N–H and O–H groups in total. The highest BCUT2D eigenvalue weighted by Crippen LogP contribution is 2.24. The molecule has 0 saturated carbocycles. The Hall–Kier alpha value is -3.76. The molecule has 2 aromatic carbocycles. The SMILES string of the molecule is O=C1N[C@@H](Cc2ccc(O)cc2)C(=O)N2CCN(C(=O)c3ccc(OC(F)(F)F)cc3)C[C@H]12. The highest BCUT2D eigenvalue weighted by Gasteiger charge is 2.44. The smallest absolute Gasteiger partial charge is 0.508 e. The van der Waals surface area contributed by atoms with Crippen LogP contribution in [0, 0.1) is 0 Å². The molecular weight excluding hydrogens is 443 g/mol. The summed E-state index contributed by atoms with van der Waals surface area (Å²) in [6.45, 7) is 0.314. The van der Waals surface area contributed by atoms with Gasteiger partial charge in [-0.25, -0.2) is 0 Å². The second kappa shape index (κ2) is 8.64. The van der Waals surface area contributed by atoms with E-state index in [0.717, 1.165) is 17.7 Å². The van der Waals surface area contributed by atoms with Gasteiger partial charge in [-0.3, -0.25) is 14.4 Å². The van der Waals surface area contributed by atoms with E-state index in [1.54, 1.807) is 12.1 Å². The zero-order valence-corrected chi connectivity index (χ0v) is 17.2. The first-order valence-corrected chi connectivity index (χ1v) is 10.1. The number of rotatable bonds is 4. The summed E-state index contributed by atoms with van der Waals surface area (Å²) in [6.07, 6.45) is -4.56. The molecule has 2 heterocycles. The molecule has 2 atom stereocenters. The van der Waals surface area contributed by atoms with Gasteiger partial charge in [-0.15, -0.1) is 13.2 Å². The first kappa shape index (κ1) is 22.4. The van der Waals surface area contributed by atoms with E-state index in [4.69, 9.17) is 0 Å². The Morgan fingerprint density at radius 3 is 2.36 bits per heavy atom. The summed E-state index contributed by atoms with van der Waals surface area (Å²) in [5.41, 5.74) is 0.919. The summed E-state index contributed by atoms with van der Waals surface area (Å²) in [4.78, 5) is 41.3. The molecule has 33 heavy (non-hydrogen) atoms. The lowest BCUT2D eigenvalue weighted by molar-refractivity contribution is -0.274. The van der Waals surface area contributed by atoms with Gasteiger partial charge in [-0.2, -0.15) is 0 Å². The summed E-state index contributed by atoms with van der Waals surface area (Å²) < 4.78 is 40.7. The molecule has 2 saturated heterocycles. The molecule has 11 heteroatoms. The van der Waals surface area contributed by atoms with E-state index in [2.05, 4.69) is 10.1 Å². The number of hydrogen-bond donors (Lipinski definition) is 2. The fourth-order valence-corrected chi connectivity index (χ4v) is 3.97. The van der Waals surface area contributed by atoms with Crippen molar-refractivity contribution in [3.63, 3.8) is 0 Å². The minimum Gasteiger partial charge on any atom is -0.508 e. The van der Waals surface area contributed by atoms with E-state index in [-0.39, 0.29) is 49.2 Å². The molecule has 2 aromatic rings. The number of aromatic hydroxyl groups is 1. The Balaban J connectivity index is 1.40. The zero-order chi connectivity index (χ0) is 23.8. The number of nitrogens with zero attached hydrogens (tertiary/aromatic N) is 2. The van der Waals surface area contributed by atoms with Crippen LogP contribution in [0.25, 0.3) is 0 Å². The largest absolute Gasteiger partial charge is 0.573 e. The maximum atomic E-state index is 12.9. The number of alkyl halides is 3. The molecule has 174 valence electrons. The van der Waals surface area contributed by atoms with Gasteiger partial charge in [0.1, 0.15) is 23.6 Å². The Bertz CT molecular complexity index is 1060. The summed E-state index contributed by atoms with van der Waals surface area (Å²) in [7, 11) is 0. The zero-order valence-electron chi connectivity index (χ0n) is 17.2. The van der Waals surface area contributed by atoms with Crippen LogP contribution in [0.1, 0.15) is 15.9 Å². The molecule has 3 amide bonds. The summed E-state index contributed by atoms with van der Waals surface area (Å²) in [6, 6.07) is 9.26. The lowest BCUT2D eigenvalue weighted by Crippen LogP contribution is -2.70. The third-order valence-corrected chi connectivity index (χ3v) is 5.58. The number of piperazine rings is 2. The number of hydrogen-bond acceptors (Lipinski definition) is 5. The maximum Gasteiger partial charge on any atom is 0.573 e. The van der Waals surface area contributed by atoms with Crippen LogP contribution < -0.4 is 10.1 Å². The Labute approximate surface area is 186 Å². The van der Waals surface area contributed by atoms with E-state index >= 15 is 0 Å². The summed E-state index contributed by atoms with van der Waals surface area (Å²) >= 11 is 0. The number of phenolic OH excluding ortho intramolecular Hbond substituents is 1. The topological polar surface area (TPSA) is 99.2 Å². The molecular formula is C22H20F3N3O5. The van der Waals surface area contributed by atoms with Crippen molar-refractivity contribution in [2.45, 2.75) is 24.9 Å². The van der Waals surface area contributed by atoms with Crippen molar-refractivity contribution in [2.24, 2.45) is 0 Å². The summed E-state index contributed by atoms with van der Waals surface area (Å²) in [5, 5.41) is 12.1. The van der Waals surface area contributed by atoms with Crippen LogP contribution in [0.3, 0.4) is 0 Å². The van der Waals surface area contributed by atoms with Gasteiger partial charge in [-0.05, 0) is 42.0 Å². The van der Waals surface area contributed by atoms with Crippen molar-refractivity contribution in [2.75, 3.05) is 19.6 Å². The number of halogens is 3. The standard InChI is InChI=1S/C22H20F3N3O5/c23-22(24,25)33-16-7-3-14(4-8-16)20(31)27-9-10-28-18(12-27)19(30)26-17(21(28)32)11-13-1-5-15(29)6-2-13/h1-8,17-18,29H,9-12H2,(H,26,30)/t17-,18+/m0/s1. The fraction of sp³-hybridized carbons (Fsp3) is 0.318. The van der Waals surface area contributed by atoms with Crippen LogP contribution in [0.15, 0.2) is 48.5 Å². The van der Waals surface area contributed by atoms with Crippen LogP contribution in [0.5, 0.6) is 11.5 Å². The second-order valence-electron chi connectivity index (χ2n) is 7.80.